The first kappa shape index (κ1) is 25.7. The van der Waals surface area contributed by atoms with E-state index in [9.17, 15) is 14.4 Å². The molecule has 34 heavy (non-hydrogen) atoms. The van der Waals surface area contributed by atoms with Gasteiger partial charge in [0.15, 0.2) is 0 Å². The molecule has 1 aliphatic heterocycles. The third kappa shape index (κ3) is 6.13. The molecule has 0 fully saturated rings. The van der Waals surface area contributed by atoms with Crippen molar-refractivity contribution < 1.29 is 33.3 Å². The summed E-state index contributed by atoms with van der Waals surface area (Å²) in [5.74, 6) is -0.672. The second-order valence-corrected chi connectivity index (χ2v) is 8.77. The largest absolute Gasteiger partial charge is 0.497 e. The van der Waals surface area contributed by atoms with Crippen LogP contribution in [0.2, 0.25) is 0 Å². The maximum Gasteiger partial charge on any atom is 0.348 e. The number of benzene rings is 1. The first-order chi connectivity index (χ1) is 16.4. The number of ether oxygens (including phenoxy) is 4. The number of amides is 1. The number of nitrogens with one attached hydrogen (secondary N) is 1. The highest BCUT2D eigenvalue weighted by molar-refractivity contribution is 7.18. The molecule has 0 radical (unpaired) electrons. The Morgan fingerprint density at radius 1 is 1.09 bits per heavy atom. The molecule has 1 aromatic carbocycles. The summed E-state index contributed by atoms with van der Waals surface area (Å²) in [6.07, 6.45) is 0.830. The van der Waals surface area contributed by atoms with E-state index in [0.717, 1.165) is 35.6 Å². The molecule has 0 aliphatic carbocycles. The topological polar surface area (TPSA) is 103 Å². The average Bonchev–Trinajstić information content (AvgIpc) is 3.14. The molecule has 10 heteroatoms. The number of esters is 2. The number of methoxy groups -OCH3 is 2. The Balaban J connectivity index is 1.74. The van der Waals surface area contributed by atoms with Crippen molar-refractivity contribution in [1.29, 1.82) is 0 Å². The summed E-state index contributed by atoms with van der Waals surface area (Å²) >= 11 is 1.01. The van der Waals surface area contributed by atoms with Gasteiger partial charge in [-0.15, -0.1) is 11.3 Å². The van der Waals surface area contributed by atoms with Crippen LogP contribution < -0.4 is 10.1 Å². The van der Waals surface area contributed by atoms with Gasteiger partial charge in [-0.3, -0.25) is 9.69 Å². The van der Waals surface area contributed by atoms with Crippen molar-refractivity contribution in [3.63, 3.8) is 0 Å². The predicted molar refractivity (Wildman–Crippen MR) is 128 cm³/mol. The van der Waals surface area contributed by atoms with Crippen LogP contribution in [0.4, 0.5) is 5.00 Å². The Hall–Kier alpha value is -2.95. The van der Waals surface area contributed by atoms with Crippen LogP contribution in [0.1, 0.15) is 43.6 Å². The molecule has 0 unspecified atom stereocenters. The minimum Gasteiger partial charge on any atom is -0.497 e. The average molecular weight is 491 g/mol. The normalized spacial score (nSPS) is 13.2. The molecular formula is C24H30N2O7S. The molecule has 0 spiro atoms. The van der Waals surface area contributed by atoms with E-state index >= 15 is 0 Å². The van der Waals surface area contributed by atoms with Gasteiger partial charge in [0.2, 0.25) is 5.91 Å². The molecule has 1 amide bonds. The van der Waals surface area contributed by atoms with Crippen LogP contribution in [0.25, 0.3) is 0 Å². The van der Waals surface area contributed by atoms with Gasteiger partial charge in [0.1, 0.15) is 22.2 Å². The number of hydrogen-bond acceptors (Lipinski definition) is 9. The van der Waals surface area contributed by atoms with E-state index in [1.54, 1.807) is 21.0 Å². The Kier molecular flexibility index (Phi) is 9.03. The zero-order valence-corrected chi connectivity index (χ0v) is 20.7. The zero-order chi connectivity index (χ0) is 24.7. The number of nitrogens with zero attached hydrogens (tertiary/aromatic N) is 1. The number of anilines is 1. The molecular weight excluding hydrogens is 460 g/mol. The van der Waals surface area contributed by atoms with Gasteiger partial charge in [-0.05, 0) is 49.1 Å². The third-order valence-corrected chi connectivity index (χ3v) is 6.64. The monoisotopic (exact) mass is 490 g/mol. The number of thiophene rings is 1. The fourth-order valence-electron chi connectivity index (χ4n) is 3.75. The lowest BCUT2D eigenvalue weighted by molar-refractivity contribution is -0.117. The van der Waals surface area contributed by atoms with E-state index in [1.807, 2.05) is 17.0 Å². The fraction of sp³-hybridized carbons (Fsp3) is 0.458. The highest BCUT2D eigenvalue weighted by Gasteiger charge is 2.28. The van der Waals surface area contributed by atoms with Crippen molar-refractivity contribution in [2.24, 2.45) is 0 Å². The first-order valence-electron chi connectivity index (χ1n) is 11.0. The van der Waals surface area contributed by atoms with Gasteiger partial charge in [-0.2, -0.15) is 0 Å². The Labute approximate surface area is 202 Å². The molecule has 0 atom stereocenters. The number of rotatable bonds is 10. The van der Waals surface area contributed by atoms with E-state index in [1.165, 1.54) is 12.7 Å². The molecule has 9 nitrogen and oxygen atoms in total. The summed E-state index contributed by atoms with van der Waals surface area (Å²) in [6.45, 7) is 5.35. The van der Waals surface area contributed by atoms with Crippen LogP contribution in [-0.4, -0.2) is 69.9 Å². The number of carbonyl (C=O) groups is 3. The van der Waals surface area contributed by atoms with Crippen molar-refractivity contribution in [2.45, 2.75) is 26.8 Å². The van der Waals surface area contributed by atoms with Gasteiger partial charge in [-0.25, -0.2) is 9.59 Å². The lowest BCUT2D eigenvalue weighted by atomic mass is 9.99. The summed E-state index contributed by atoms with van der Waals surface area (Å²) in [5, 5.41) is 3.08. The second kappa shape index (κ2) is 12.0. The van der Waals surface area contributed by atoms with Gasteiger partial charge in [0.05, 0.1) is 32.4 Å². The molecule has 0 saturated heterocycles. The number of fused-ring (bicyclic) bond motifs is 1. The zero-order valence-electron chi connectivity index (χ0n) is 19.9. The molecule has 0 saturated carbocycles. The second-order valence-electron chi connectivity index (χ2n) is 7.75. The highest BCUT2D eigenvalue weighted by atomic mass is 32.1. The van der Waals surface area contributed by atoms with Crippen molar-refractivity contribution in [1.82, 2.24) is 4.90 Å². The highest BCUT2D eigenvalue weighted by Crippen LogP contribution is 2.34. The quantitative estimate of drug-likeness (QED) is 0.400. The van der Waals surface area contributed by atoms with Crippen LogP contribution in [0, 0.1) is 6.92 Å². The SMILES string of the molecule is CCOC(=O)c1c(NC(=O)CN2CCc3ccc(OC)cc3C2)sc(C(=O)OCCOC)c1C. The molecule has 0 bridgehead atoms. The van der Waals surface area contributed by atoms with E-state index in [4.69, 9.17) is 18.9 Å². The number of hydrogen-bond donors (Lipinski definition) is 1. The first-order valence-corrected chi connectivity index (χ1v) is 11.8. The molecule has 184 valence electrons. The van der Waals surface area contributed by atoms with Crippen LogP contribution in [-0.2, 0) is 32.0 Å². The fourth-order valence-corrected chi connectivity index (χ4v) is 4.86. The molecule has 1 aliphatic rings. The predicted octanol–water partition coefficient (Wildman–Crippen LogP) is 3.04. The van der Waals surface area contributed by atoms with Crippen LogP contribution in [0.5, 0.6) is 5.75 Å². The van der Waals surface area contributed by atoms with Crippen LogP contribution in [0.3, 0.4) is 0 Å². The van der Waals surface area contributed by atoms with Gasteiger partial charge in [0, 0.05) is 20.2 Å². The van der Waals surface area contributed by atoms with E-state index in [2.05, 4.69) is 11.4 Å². The summed E-state index contributed by atoms with van der Waals surface area (Å²) in [7, 11) is 3.13. The molecule has 2 aromatic rings. The third-order valence-electron chi connectivity index (χ3n) is 5.46. The standard InChI is InChI=1S/C24H30N2O7S/c1-5-32-23(28)20-15(2)21(24(29)33-11-10-30-3)34-22(20)25-19(27)14-26-9-8-16-6-7-18(31-4)12-17(16)13-26/h6-7,12H,5,8-11,13-14H2,1-4H3,(H,25,27). The van der Waals surface area contributed by atoms with Gasteiger partial charge >= 0.3 is 11.9 Å². The smallest absolute Gasteiger partial charge is 0.348 e. The Bertz CT molecular complexity index is 1050. The molecule has 1 N–H and O–H groups in total. The maximum atomic E-state index is 12.9. The van der Waals surface area contributed by atoms with Crippen molar-refractivity contribution >= 4 is 34.2 Å². The van der Waals surface area contributed by atoms with Crippen molar-refractivity contribution in [3.8, 4) is 5.75 Å². The van der Waals surface area contributed by atoms with Gasteiger partial charge < -0.3 is 24.3 Å². The van der Waals surface area contributed by atoms with Crippen LogP contribution in [0.15, 0.2) is 18.2 Å². The maximum absolute atomic E-state index is 12.9. The lowest BCUT2D eigenvalue weighted by Crippen LogP contribution is -2.37. The minimum absolute atomic E-state index is 0.0876. The van der Waals surface area contributed by atoms with E-state index in [0.29, 0.717) is 12.1 Å². The molecule has 2 heterocycles. The number of carbonyl (C=O) groups excluding carboxylic acids is 3. The Morgan fingerprint density at radius 2 is 1.88 bits per heavy atom. The van der Waals surface area contributed by atoms with Crippen LogP contribution >= 0.6 is 11.3 Å². The molecule has 1 aromatic heterocycles. The molecule has 3 rings (SSSR count). The van der Waals surface area contributed by atoms with Gasteiger partial charge in [-0.1, -0.05) is 6.07 Å². The van der Waals surface area contributed by atoms with Gasteiger partial charge in [0.25, 0.3) is 0 Å². The van der Waals surface area contributed by atoms with Crippen molar-refractivity contribution in [3.05, 3.63) is 45.3 Å². The summed E-state index contributed by atoms with van der Waals surface area (Å²) in [6, 6.07) is 5.98. The summed E-state index contributed by atoms with van der Waals surface area (Å²) < 4.78 is 20.6. The van der Waals surface area contributed by atoms with E-state index in [-0.39, 0.29) is 47.7 Å². The Morgan fingerprint density at radius 3 is 2.59 bits per heavy atom. The minimum atomic E-state index is -0.596. The summed E-state index contributed by atoms with van der Waals surface area (Å²) in [5.41, 5.74) is 2.96. The summed E-state index contributed by atoms with van der Waals surface area (Å²) in [4.78, 5) is 40.3. The lowest BCUT2D eigenvalue weighted by Gasteiger charge is -2.28. The van der Waals surface area contributed by atoms with Crippen molar-refractivity contribution in [2.75, 3.05) is 52.4 Å². The van der Waals surface area contributed by atoms with E-state index < -0.39 is 11.9 Å².